The van der Waals surface area contributed by atoms with Crippen LogP contribution in [0.2, 0.25) is 5.02 Å². The predicted molar refractivity (Wildman–Crippen MR) is 132 cm³/mol. The van der Waals surface area contributed by atoms with Gasteiger partial charge >= 0.3 is 0 Å². The largest absolute Gasteiger partial charge is 0.495 e. The summed E-state index contributed by atoms with van der Waals surface area (Å²) in [7, 11) is 1.52. The van der Waals surface area contributed by atoms with Crippen LogP contribution in [-0.4, -0.2) is 24.2 Å². The summed E-state index contributed by atoms with van der Waals surface area (Å²) in [6.45, 7) is 3.79. The maximum atomic E-state index is 13.1. The van der Waals surface area contributed by atoms with Crippen molar-refractivity contribution in [3.8, 4) is 5.75 Å². The fraction of sp³-hybridized carbons (Fsp3) is 0.200. The van der Waals surface area contributed by atoms with E-state index in [9.17, 15) is 14.0 Å². The van der Waals surface area contributed by atoms with Gasteiger partial charge in [0.1, 0.15) is 11.6 Å². The number of hydrogen-bond donors (Lipinski definition) is 2. The van der Waals surface area contributed by atoms with E-state index in [-0.39, 0.29) is 17.1 Å². The number of anilines is 2. The normalized spacial score (nSPS) is 11.5. The number of rotatable bonds is 8. The molecule has 0 radical (unpaired) electrons. The van der Waals surface area contributed by atoms with Gasteiger partial charge < -0.3 is 15.4 Å². The van der Waals surface area contributed by atoms with Crippen LogP contribution in [0.4, 0.5) is 15.8 Å². The standard InChI is InChI=1S/C25H24ClFN2O3S/c1-4-23(25(31)29-21-12-15(2)20(26)14-22(21)32-3)33-19-7-5-6-18(13-19)28-24(30)16-8-10-17(27)11-9-16/h5-14,23H,4H2,1-3H3,(H,28,30)(H,29,31). The van der Waals surface area contributed by atoms with Gasteiger partial charge in [-0.05, 0) is 67.4 Å². The third kappa shape index (κ3) is 6.49. The van der Waals surface area contributed by atoms with Crippen molar-refractivity contribution in [1.29, 1.82) is 0 Å². The van der Waals surface area contributed by atoms with E-state index < -0.39 is 5.82 Å². The van der Waals surface area contributed by atoms with Crippen LogP contribution in [0.25, 0.3) is 0 Å². The topological polar surface area (TPSA) is 67.4 Å². The summed E-state index contributed by atoms with van der Waals surface area (Å²) in [6, 6.07) is 16.0. The average molecular weight is 487 g/mol. The molecular formula is C25H24ClFN2O3S. The number of halogens is 2. The molecule has 0 aromatic heterocycles. The smallest absolute Gasteiger partial charge is 0.255 e. The first kappa shape index (κ1) is 24.6. The van der Waals surface area contributed by atoms with Crippen LogP contribution in [0.3, 0.4) is 0 Å². The zero-order valence-electron chi connectivity index (χ0n) is 18.4. The molecule has 172 valence electrons. The lowest BCUT2D eigenvalue weighted by molar-refractivity contribution is -0.115. The van der Waals surface area contributed by atoms with Crippen LogP contribution >= 0.6 is 23.4 Å². The van der Waals surface area contributed by atoms with Crippen LogP contribution in [0.5, 0.6) is 5.75 Å². The molecule has 0 spiro atoms. The summed E-state index contributed by atoms with van der Waals surface area (Å²) in [5.74, 6) is -0.417. The van der Waals surface area contributed by atoms with E-state index in [2.05, 4.69) is 10.6 Å². The van der Waals surface area contributed by atoms with Gasteiger partial charge in [-0.25, -0.2) is 4.39 Å². The number of nitrogens with one attached hydrogen (secondary N) is 2. The number of amides is 2. The number of thioether (sulfide) groups is 1. The van der Waals surface area contributed by atoms with Crippen molar-refractivity contribution in [2.75, 3.05) is 17.7 Å². The molecule has 33 heavy (non-hydrogen) atoms. The number of carbonyl (C=O) groups excluding carboxylic acids is 2. The minimum Gasteiger partial charge on any atom is -0.495 e. The van der Waals surface area contributed by atoms with Gasteiger partial charge in [0.15, 0.2) is 0 Å². The molecule has 0 heterocycles. The van der Waals surface area contributed by atoms with Crippen molar-refractivity contribution < 1.29 is 18.7 Å². The van der Waals surface area contributed by atoms with E-state index in [1.807, 2.05) is 19.9 Å². The van der Waals surface area contributed by atoms with E-state index >= 15 is 0 Å². The van der Waals surface area contributed by atoms with Crippen molar-refractivity contribution in [3.63, 3.8) is 0 Å². The highest BCUT2D eigenvalue weighted by molar-refractivity contribution is 8.00. The first-order chi connectivity index (χ1) is 15.8. The Labute approximate surface area is 201 Å². The molecule has 1 atom stereocenters. The number of hydrogen-bond acceptors (Lipinski definition) is 4. The average Bonchev–Trinajstić information content (AvgIpc) is 2.80. The van der Waals surface area contributed by atoms with E-state index in [4.69, 9.17) is 16.3 Å². The molecule has 8 heteroatoms. The van der Waals surface area contributed by atoms with Crippen LogP contribution in [0.1, 0.15) is 29.3 Å². The van der Waals surface area contributed by atoms with Crippen LogP contribution < -0.4 is 15.4 Å². The highest BCUT2D eigenvalue weighted by Gasteiger charge is 2.20. The van der Waals surface area contributed by atoms with Gasteiger partial charge in [-0.2, -0.15) is 0 Å². The maximum Gasteiger partial charge on any atom is 0.255 e. The molecule has 3 rings (SSSR count). The molecule has 0 bridgehead atoms. The lowest BCUT2D eigenvalue weighted by Gasteiger charge is -2.17. The molecule has 2 N–H and O–H groups in total. The van der Waals surface area contributed by atoms with Crippen molar-refractivity contribution >= 4 is 46.6 Å². The van der Waals surface area contributed by atoms with E-state index in [0.29, 0.717) is 34.1 Å². The molecule has 0 aliphatic carbocycles. The van der Waals surface area contributed by atoms with E-state index in [1.54, 1.807) is 30.3 Å². The molecule has 0 fully saturated rings. The highest BCUT2D eigenvalue weighted by Crippen LogP contribution is 2.33. The summed E-state index contributed by atoms with van der Waals surface area (Å²) >= 11 is 7.55. The number of ether oxygens (including phenoxy) is 1. The Bertz CT molecular complexity index is 1150. The molecule has 0 aliphatic rings. The molecule has 0 saturated carbocycles. The molecule has 5 nitrogen and oxygen atoms in total. The maximum absolute atomic E-state index is 13.1. The van der Waals surface area contributed by atoms with E-state index in [1.165, 1.54) is 43.1 Å². The third-order valence-corrected chi connectivity index (χ3v) is 6.64. The van der Waals surface area contributed by atoms with Crippen molar-refractivity contribution in [3.05, 3.63) is 82.6 Å². The third-order valence-electron chi connectivity index (χ3n) is 4.88. The zero-order chi connectivity index (χ0) is 24.0. The lowest BCUT2D eigenvalue weighted by Crippen LogP contribution is -2.24. The Morgan fingerprint density at radius 2 is 1.82 bits per heavy atom. The van der Waals surface area contributed by atoms with Gasteiger partial charge in [-0.3, -0.25) is 9.59 Å². The second-order valence-electron chi connectivity index (χ2n) is 7.29. The second-order valence-corrected chi connectivity index (χ2v) is 8.98. The van der Waals surface area contributed by atoms with Crippen molar-refractivity contribution in [2.45, 2.75) is 30.4 Å². The Morgan fingerprint density at radius 1 is 1.09 bits per heavy atom. The molecule has 2 amide bonds. The molecule has 3 aromatic carbocycles. The summed E-state index contributed by atoms with van der Waals surface area (Å²) in [6.07, 6.45) is 0.595. The number of benzene rings is 3. The fourth-order valence-corrected chi connectivity index (χ4v) is 4.25. The van der Waals surface area contributed by atoms with Gasteiger partial charge in [0, 0.05) is 27.2 Å². The predicted octanol–water partition coefficient (Wildman–Crippen LogP) is 6.56. The van der Waals surface area contributed by atoms with Crippen molar-refractivity contribution in [2.24, 2.45) is 0 Å². The Balaban J connectivity index is 1.70. The van der Waals surface area contributed by atoms with Crippen LogP contribution in [-0.2, 0) is 4.79 Å². The van der Waals surface area contributed by atoms with Gasteiger partial charge in [0.05, 0.1) is 18.0 Å². The number of aryl methyl sites for hydroxylation is 1. The van der Waals surface area contributed by atoms with Gasteiger partial charge in [-0.15, -0.1) is 11.8 Å². The van der Waals surface area contributed by atoms with Crippen LogP contribution in [0.15, 0.2) is 65.6 Å². The minimum absolute atomic E-state index is 0.164. The monoisotopic (exact) mass is 486 g/mol. The Morgan fingerprint density at radius 3 is 2.48 bits per heavy atom. The van der Waals surface area contributed by atoms with Gasteiger partial charge in [-0.1, -0.05) is 24.6 Å². The first-order valence-corrected chi connectivity index (χ1v) is 11.5. The molecule has 0 aliphatic heterocycles. The zero-order valence-corrected chi connectivity index (χ0v) is 20.0. The fourth-order valence-electron chi connectivity index (χ4n) is 3.08. The second kappa shape index (κ2) is 11.2. The van der Waals surface area contributed by atoms with E-state index in [0.717, 1.165) is 10.5 Å². The summed E-state index contributed by atoms with van der Waals surface area (Å²) < 4.78 is 18.4. The minimum atomic E-state index is -0.403. The quantitative estimate of drug-likeness (QED) is 0.354. The first-order valence-electron chi connectivity index (χ1n) is 10.3. The number of carbonyl (C=O) groups is 2. The van der Waals surface area contributed by atoms with Crippen LogP contribution in [0, 0.1) is 12.7 Å². The molecule has 3 aromatic rings. The summed E-state index contributed by atoms with van der Waals surface area (Å²) in [4.78, 5) is 26.2. The molecular weight excluding hydrogens is 463 g/mol. The highest BCUT2D eigenvalue weighted by atomic mass is 35.5. The number of methoxy groups -OCH3 is 1. The molecule has 0 saturated heterocycles. The van der Waals surface area contributed by atoms with Gasteiger partial charge in [0.2, 0.25) is 5.91 Å². The van der Waals surface area contributed by atoms with Gasteiger partial charge in [0.25, 0.3) is 5.91 Å². The lowest BCUT2D eigenvalue weighted by atomic mass is 10.2. The summed E-state index contributed by atoms with van der Waals surface area (Å²) in [5, 5.41) is 5.92. The Kier molecular flexibility index (Phi) is 8.36. The summed E-state index contributed by atoms with van der Waals surface area (Å²) in [5.41, 5.74) is 2.33. The molecule has 1 unspecified atom stereocenters. The van der Waals surface area contributed by atoms with Crippen molar-refractivity contribution in [1.82, 2.24) is 0 Å². The Hall–Kier alpha value is -3.03. The SMILES string of the molecule is CCC(Sc1cccc(NC(=O)c2ccc(F)cc2)c1)C(=O)Nc1cc(C)c(Cl)cc1OC.